The Bertz CT molecular complexity index is 271. The fourth-order valence-corrected chi connectivity index (χ4v) is 1.69. The molecule has 0 spiro atoms. The van der Waals surface area contributed by atoms with Gasteiger partial charge in [-0.3, -0.25) is 0 Å². The quantitative estimate of drug-likeness (QED) is 0.483. The summed E-state index contributed by atoms with van der Waals surface area (Å²) in [6.07, 6.45) is 3.02. The van der Waals surface area contributed by atoms with E-state index in [4.69, 9.17) is 10.2 Å². The van der Waals surface area contributed by atoms with E-state index in [0.29, 0.717) is 12.5 Å². The Kier molecular flexibility index (Phi) is 9.88. The minimum Gasteiger partial charge on any atom is -0.479 e. The van der Waals surface area contributed by atoms with E-state index >= 15 is 0 Å². The molecule has 6 nitrogen and oxygen atoms in total. The highest BCUT2D eigenvalue weighted by Crippen LogP contribution is 2.10. The van der Waals surface area contributed by atoms with E-state index in [2.05, 4.69) is 24.5 Å². The number of nitrogens with one attached hydrogen (secondary N) is 2. The molecule has 0 bridgehead atoms. The van der Waals surface area contributed by atoms with Crippen molar-refractivity contribution in [1.82, 2.24) is 10.6 Å². The van der Waals surface area contributed by atoms with Crippen molar-refractivity contribution in [2.75, 3.05) is 13.1 Å². The van der Waals surface area contributed by atoms with Crippen molar-refractivity contribution in [3.63, 3.8) is 0 Å². The molecule has 0 aromatic rings. The summed E-state index contributed by atoms with van der Waals surface area (Å²) in [5, 5.41) is 22.8. The van der Waals surface area contributed by atoms with Gasteiger partial charge in [-0.15, -0.1) is 0 Å². The maximum atomic E-state index is 11.4. The van der Waals surface area contributed by atoms with Crippen LogP contribution in [0.5, 0.6) is 0 Å². The molecule has 19 heavy (non-hydrogen) atoms. The largest absolute Gasteiger partial charge is 0.479 e. The highest BCUT2D eigenvalue weighted by molar-refractivity contribution is 5.74. The number of aliphatic carboxylic acids is 1. The third kappa shape index (κ3) is 9.30. The smallest absolute Gasteiger partial charge is 0.332 e. The Balaban J connectivity index is 3.70. The van der Waals surface area contributed by atoms with Crippen molar-refractivity contribution >= 4 is 12.0 Å². The first-order valence-electron chi connectivity index (χ1n) is 6.93. The molecule has 0 fully saturated rings. The minimum absolute atomic E-state index is 0.00972. The third-order valence-electron chi connectivity index (χ3n) is 3.08. The number of amides is 2. The summed E-state index contributed by atoms with van der Waals surface area (Å²) in [6.45, 7) is 5.01. The molecule has 0 saturated heterocycles. The lowest BCUT2D eigenvalue weighted by atomic mass is 9.99. The Labute approximate surface area is 114 Å². The molecule has 0 aromatic carbocycles. The number of hydrogen-bond acceptors (Lipinski definition) is 3. The molecule has 0 rings (SSSR count). The normalized spacial score (nSPS) is 13.6. The van der Waals surface area contributed by atoms with Gasteiger partial charge < -0.3 is 20.8 Å². The number of carbonyl (C=O) groups is 2. The van der Waals surface area contributed by atoms with Gasteiger partial charge in [-0.05, 0) is 12.3 Å². The Morgan fingerprint density at radius 2 is 1.84 bits per heavy atom. The number of carbonyl (C=O) groups excluding carboxylic acids is 1. The van der Waals surface area contributed by atoms with Crippen LogP contribution in [0.4, 0.5) is 4.79 Å². The number of carboxylic acid groups (broad SMARTS) is 1. The summed E-state index contributed by atoms with van der Waals surface area (Å²) in [5.41, 5.74) is 0. The second-order valence-electron chi connectivity index (χ2n) is 4.70. The van der Waals surface area contributed by atoms with Crippen LogP contribution in [0.15, 0.2) is 0 Å². The Morgan fingerprint density at radius 3 is 2.37 bits per heavy atom. The van der Waals surface area contributed by atoms with Gasteiger partial charge in [0.05, 0.1) is 0 Å². The predicted molar refractivity (Wildman–Crippen MR) is 73.0 cm³/mol. The lowest BCUT2D eigenvalue weighted by Gasteiger charge is -2.15. The first-order valence-corrected chi connectivity index (χ1v) is 6.93. The van der Waals surface area contributed by atoms with E-state index in [0.717, 1.165) is 25.7 Å². The van der Waals surface area contributed by atoms with Crippen LogP contribution in [0.3, 0.4) is 0 Å². The molecule has 2 atom stereocenters. The number of carboxylic acids is 1. The van der Waals surface area contributed by atoms with Gasteiger partial charge in [-0.25, -0.2) is 9.59 Å². The number of aliphatic hydroxyl groups is 1. The van der Waals surface area contributed by atoms with E-state index in [1.54, 1.807) is 0 Å². The molecule has 0 aliphatic carbocycles. The highest BCUT2D eigenvalue weighted by atomic mass is 16.4. The zero-order valence-electron chi connectivity index (χ0n) is 11.8. The summed E-state index contributed by atoms with van der Waals surface area (Å²) in [6, 6.07) is -0.312. The summed E-state index contributed by atoms with van der Waals surface area (Å²) in [4.78, 5) is 21.8. The molecule has 112 valence electrons. The van der Waals surface area contributed by atoms with Crippen LogP contribution in [0.25, 0.3) is 0 Å². The zero-order valence-corrected chi connectivity index (χ0v) is 11.8. The van der Waals surface area contributed by atoms with Crippen molar-refractivity contribution in [2.24, 2.45) is 5.92 Å². The predicted octanol–water partition coefficient (Wildman–Crippen LogP) is 1.34. The van der Waals surface area contributed by atoms with Crippen LogP contribution < -0.4 is 10.6 Å². The molecule has 0 aromatic heterocycles. The number of hydrogen-bond donors (Lipinski definition) is 4. The molecule has 4 N–H and O–H groups in total. The van der Waals surface area contributed by atoms with Gasteiger partial charge in [0.15, 0.2) is 6.10 Å². The number of aliphatic hydroxyl groups excluding tert-OH is 1. The van der Waals surface area contributed by atoms with E-state index in [9.17, 15) is 9.59 Å². The van der Waals surface area contributed by atoms with Crippen LogP contribution in [0.1, 0.15) is 46.0 Å². The van der Waals surface area contributed by atoms with Gasteiger partial charge in [-0.2, -0.15) is 0 Å². The molecule has 0 heterocycles. The minimum atomic E-state index is -1.42. The van der Waals surface area contributed by atoms with Gasteiger partial charge in [0, 0.05) is 19.5 Å². The molecule has 2 unspecified atom stereocenters. The SMILES string of the molecule is CCCCC(CC)CNC(=O)NCCC(O)C(=O)O. The van der Waals surface area contributed by atoms with Crippen LogP contribution in [0, 0.1) is 5.92 Å². The lowest BCUT2D eigenvalue weighted by Crippen LogP contribution is -2.39. The zero-order chi connectivity index (χ0) is 14.7. The Morgan fingerprint density at radius 1 is 1.16 bits per heavy atom. The summed E-state index contributed by atoms with van der Waals surface area (Å²) < 4.78 is 0. The fourth-order valence-electron chi connectivity index (χ4n) is 1.69. The van der Waals surface area contributed by atoms with Gasteiger partial charge in [0.1, 0.15) is 0 Å². The Hall–Kier alpha value is -1.30. The maximum Gasteiger partial charge on any atom is 0.332 e. The van der Waals surface area contributed by atoms with Gasteiger partial charge in [-0.1, -0.05) is 33.1 Å². The fraction of sp³-hybridized carbons (Fsp3) is 0.846. The molecule has 2 amide bonds. The standard InChI is InChI=1S/C13H26N2O4/c1-3-5-6-10(4-2)9-15-13(19)14-8-7-11(16)12(17)18/h10-11,16H,3-9H2,1-2H3,(H,17,18)(H2,14,15,19). The molecule has 0 aliphatic rings. The van der Waals surface area contributed by atoms with Crippen molar-refractivity contribution in [2.45, 2.75) is 52.1 Å². The van der Waals surface area contributed by atoms with E-state index < -0.39 is 12.1 Å². The van der Waals surface area contributed by atoms with Crippen LogP contribution >= 0.6 is 0 Å². The van der Waals surface area contributed by atoms with Crippen molar-refractivity contribution in [3.8, 4) is 0 Å². The van der Waals surface area contributed by atoms with Gasteiger partial charge >= 0.3 is 12.0 Å². The van der Waals surface area contributed by atoms with E-state index in [1.807, 2.05) is 0 Å². The van der Waals surface area contributed by atoms with Crippen LogP contribution in [-0.4, -0.2) is 41.4 Å². The molecular formula is C13H26N2O4. The highest BCUT2D eigenvalue weighted by Gasteiger charge is 2.13. The lowest BCUT2D eigenvalue weighted by molar-refractivity contribution is -0.146. The summed E-state index contributed by atoms with van der Waals surface area (Å²) in [7, 11) is 0. The maximum absolute atomic E-state index is 11.4. The second-order valence-corrected chi connectivity index (χ2v) is 4.70. The average molecular weight is 274 g/mol. The van der Waals surface area contributed by atoms with E-state index in [-0.39, 0.29) is 19.0 Å². The van der Waals surface area contributed by atoms with Gasteiger partial charge in [0.2, 0.25) is 0 Å². The topological polar surface area (TPSA) is 98.7 Å². The monoisotopic (exact) mass is 274 g/mol. The number of rotatable bonds is 10. The number of urea groups is 1. The molecular weight excluding hydrogens is 248 g/mol. The van der Waals surface area contributed by atoms with Crippen molar-refractivity contribution in [1.29, 1.82) is 0 Å². The average Bonchev–Trinajstić information content (AvgIpc) is 2.38. The number of unbranched alkanes of at least 4 members (excludes halogenated alkanes) is 1. The summed E-state index contributed by atoms with van der Waals surface area (Å²) >= 11 is 0. The second kappa shape index (κ2) is 10.6. The molecule has 0 saturated carbocycles. The van der Waals surface area contributed by atoms with Crippen molar-refractivity contribution in [3.05, 3.63) is 0 Å². The van der Waals surface area contributed by atoms with Crippen LogP contribution in [-0.2, 0) is 4.79 Å². The van der Waals surface area contributed by atoms with Crippen molar-refractivity contribution < 1.29 is 19.8 Å². The van der Waals surface area contributed by atoms with Gasteiger partial charge in [0.25, 0.3) is 0 Å². The summed E-state index contributed by atoms with van der Waals surface area (Å²) in [5.74, 6) is -0.789. The molecule has 0 radical (unpaired) electrons. The molecule has 6 heteroatoms. The first kappa shape index (κ1) is 17.7. The third-order valence-corrected chi connectivity index (χ3v) is 3.08. The van der Waals surface area contributed by atoms with E-state index in [1.165, 1.54) is 0 Å². The molecule has 0 aliphatic heterocycles. The van der Waals surface area contributed by atoms with Crippen LogP contribution in [0.2, 0.25) is 0 Å². The first-order chi connectivity index (χ1) is 9.01.